The first-order valence-corrected chi connectivity index (χ1v) is 10.1. The molecule has 3 N–H and O–H groups in total. The molecular formula is C20H21NO5S. The smallest absolute Gasteiger partial charge is 0.229 e. The number of ether oxygens (including phenoxy) is 1. The number of hydrogen-bond acceptors (Lipinski definition) is 5. The first-order valence-electron chi connectivity index (χ1n) is 8.24. The van der Waals surface area contributed by atoms with Crippen molar-refractivity contribution in [3.8, 4) is 28.4 Å². The van der Waals surface area contributed by atoms with Gasteiger partial charge in [0.25, 0.3) is 0 Å². The van der Waals surface area contributed by atoms with Crippen molar-refractivity contribution in [1.82, 2.24) is 0 Å². The zero-order chi connectivity index (χ0) is 19.9. The third-order valence-corrected chi connectivity index (χ3v) is 5.21. The van der Waals surface area contributed by atoms with Crippen LogP contribution in [0.4, 0.5) is 5.69 Å². The van der Waals surface area contributed by atoms with Crippen LogP contribution in [0.2, 0.25) is 0 Å². The molecule has 3 rings (SSSR count). The van der Waals surface area contributed by atoms with Gasteiger partial charge in [-0.3, -0.25) is 4.72 Å². The van der Waals surface area contributed by atoms with Crippen molar-refractivity contribution in [3.63, 3.8) is 0 Å². The highest BCUT2D eigenvalue weighted by atomic mass is 32.2. The molecule has 7 heteroatoms. The van der Waals surface area contributed by atoms with Gasteiger partial charge < -0.3 is 14.9 Å². The highest BCUT2D eigenvalue weighted by Gasteiger charge is 2.23. The molecule has 0 amide bonds. The fourth-order valence-electron chi connectivity index (χ4n) is 3.28. The van der Waals surface area contributed by atoms with Crippen LogP contribution >= 0.6 is 0 Å². The minimum absolute atomic E-state index is 0.267. The van der Waals surface area contributed by atoms with Crippen LogP contribution < -0.4 is 9.46 Å². The predicted molar refractivity (Wildman–Crippen MR) is 107 cm³/mol. The summed E-state index contributed by atoms with van der Waals surface area (Å²) in [5.74, 6) is -0.0638. The van der Waals surface area contributed by atoms with Crippen molar-refractivity contribution in [2.45, 2.75) is 13.8 Å². The molecule has 0 bridgehead atoms. The van der Waals surface area contributed by atoms with Gasteiger partial charge in [-0.05, 0) is 41.8 Å². The summed E-state index contributed by atoms with van der Waals surface area (Å²) >= 11 is 0. The normalized spacial score (nSPS) is 11.6. The van der Waals surface area contributed by atoms with Crippen LogP contribution in [-0.2, 0) is 10.0 Å². The van der Waals surface area contributed by atoms with Crippen molar-refractivity contribution in [1.29, 1.82) is 0 Å². The summed E-state index contributed by atoms with van der Waals surface area (Å²) in [5, 5.41) is 22.3. The number of phenols is 2. The fourth-order valence-corrected chi connectivity index (χ4v) is 3.84. The highest BCUT2D eigenvalue weighted by Crippen LogP contribution is 2.48. The number of fused-ring (bicyclic) bond motifs is 1. The van der Waals surface area contributed by atoms with Gasteiger partial charge in [0.1, 0.15) is 5.75 Å². The number of rotatable bonds is 4. The van der Waals surface area contributed by atoms with E-state index in [0.717, 1.165) is 22.8 Å². The van der Waals surface area contributed by atoms with Crippen LogP contribution in [0.5, 0.6) is 17.2 Å². The van der Waals surface area contributed by atoms with Crippen molar-refractivity contribution < 1.29 is 23.4 Å². The molecule has 0 aliphatic heterocycles. The van der Waals surface area contributed by atoms with Crippen LogP contribution in [0.1, 0.15) is 11.1 Å². The Hall–Kier alpha value is -2.93. The number of anilines is 1. The van der Waals surface area contributed by atoms with Gasteiger partial charge in [0.2, 0.25) is 10.0 Å². The molecular weight excluding hydrogens is 366 g/mol. The van der Waals surface area contributed by atoms with Gasteiger partial charge in [-0.25, -0.2) is 8.42 Å². The zero-order valence-electron chi connectivity index (χ0n) is 15.5. The number of phenolic OH excluding ortho intramolecular Hbond substituents is 2. The van der Waals surface area contributed by atoms with Gasteiger partial charge >= 0.3 is 0 Å². The quantitative estimate of drug-likeness (QED) is 0.590. The third kappa shape index (κ3) is 3.38. The summed E-state index contributed by atoms with van der Waals surface area (Å²) in [4.78, 5) is 0. The summed E-state index contributed by atoms with van der Waals surface area (Å²) in [5.41, 5.74) is 2.65. The lowest BCUT2D eigenvalue weighted by Crippen LogP contribution is -2.12. The third-order valence-electron chi connectivity index (χ3n) is 4.62. The Morgan fingerprint density at radius 2 is 1.67 bits per heavy atom. The topological polar surface area (TPSA) is 95.9 Å². The molecule has 3 aromatic carbocycles. The predicted octanol–water partition coefficient (Wildman–Crippen LogP) is 3.91. The van der Waals surface area contributed by atoms with E-state index in [2.05, 4.69) is 4.72 Å². The average molecular weight is 387 g/mol. The molecule has 6 nitrogen and oxygen atoms in total. The van der Waals surface area contributed by atoms with Gasteiger partial charge in [0, 0.05) is 17.2 Å². The van der Waals surface area contributed by atoms with Crippen LogP contribution in [-0.4, -0.2) is 32.0 Å². The SMILES string of the molecule is COc1cc(NS(C)(=O)=O)c(-c2c(O)c(O)cc3ccccc23)c(C)c1C. The molecule has 0 aromatic heterocycles. The van der Waals surface area contributed by atoms with E-state index in [0.29, 0.717) is 22.3 Å². The van der Waals surface area contributed by atoms with E-state index >= 15 is 0 Å². The summed E-state index contributed by atoms with van der Waals surface area (Å²) in [6, 6.07) is 10.3. The van der Waals surface area contributed by atoms with E-state index in [4.69, 9.17) is 4.74 Å². The first kappa shape index (κ1) is 18.8. The van der Waals surface area contributed by atoms with Crippen LogP contribution in [0.15, 0.2) is 36.4 Å². The molecule has 27 heavy (non-hydrogen) atoms. The van der Waals surface area contributed by atoms with E-state index in [1.165, 1.54) is 13.2 Å². The minimum atomic E-state index is -3.59. The Labute approximate surface area is 158 Å². The maximum Gasteiger partial charge on any atom is 0.229 e. The van der Waals surface area contributed by atoms with Gasteiger partial charge in [0.05, 0.1) is 19.1 Å². The zero-order valence-corrected chi connectivity index (χ0v) is 16.3. The van der Waals surface area contributed by atoms with E-state index in [1.807, 2.05) is 38.1 Å². The molecule has 3 aromatic rings. The van der Waals surface area contributed by atoms with Crippen LogP contribution in [0.25, 0.3) is 21.9 Å². The molecule has 0 aliphatic carbocycles. The number of sulfonamides is 1. The van der Waals surface area contributed by atoms with E-state index in [-0.39, 0.29) is 17.2 Å². The molecule has 0 atom stereocenters. The van der Waals surface area contributed by atoms with Gasteiger partial charge in [-0.15, -0.1) is 0 Å². The summed E-state index contributed by atoms with van der Waals surface area (Å²) in [6.07, 6.45) is 1.05. The summed E-state index contributed by atoms with van der Waals surface area (Å²) < 4.78 is 31.7. The van der Waals surface area contributed by atoms with Crippen molar-refractivity contribution >= 4 is 26.5 Å². The number of benzene rings is 3. The second kappa shape index (κ2) is 6.66. The molecule has 0 aliphatic rings. The second-order valence-electron chi connectivity index (χ2n) is 6.47. The van der Waals surface area contributed by atoms with E-state index in [9.17, 15) is 18.6 Å². The Balaban J connectivity index is 2.50. The molecule has 0 radical (unpaired) electrons. The lowest BCUT2D eigenvalue weighted by Gasteiger charge is -2.21. The first-order chi connectivity index (χ1) is 12.6. The molecule has 0 fully saturated rings. The average Bonchev–Trinajstić information content (AvgIpc) is 2.59. The number of methoxy groups -OCH3 is 1. The number of aromatic hydroxyl groups is 2. The highest BCUT2D eigenvalue weighted by molar-refractivity contribution is 7.92. The summed E-state index contributed by atoms with van der Waals surface area (Å²) in [7, 11) is -2.08. The Kier molecular flexibility index (Phi) is 4.65. The Morgan fingerprint density at radius 3 is 2.30 bits per heavy atom. The van der Waals surface area contributed by atoms with Crippen molar-refractivity contribution in [3.05, 3.63) is 47.5 Å². The number of hydrogen-bond donors (Lipinski definition) is 3. The Morgan fingerprint density at radius 1 is 1.00 bits per heavy atom. The largest absolute Gasteiger partial charge is 0.504 e. The lowest BCUT2D eigenvalue weighted by molar-refractivity contribution is 0.406. The molecule has 0 heterocycles. The Bertz CT molecular complexity index is 1150. The minimum Gasteiger partial charge on any atom is -0.504 e. The fraction of sp³-hybridized carbons (Fsp3) is 0.200. The molecule has 142 valence electrons. The van der Waals surface area contributed by atoms with Gasteiger partial charge in [-0.1, -0.05) is 24.3 Å². The van der Waals surface area contributed by atoms with Gasteiger partial charge in [0.15, 0.2) is 11.5 Å². The molecule has 0 saturated heterocycles. The van der Waals surface area contributed by atoms with Crippen LogP contribution in [0.3, 0.4) is 0 Å². The maximum absolute atomic E-state index is 11.9. The lowest BCUT2D eigenvalue weighted by atomic mass is 9.90. The van der Waals surface area contributed by atoms with Crippen LogP contribution in [0, 0.1) is 13.8 Å². The van der Waals surface area contributed by atoms with Crippen molar-refractivity contribution in [2.75, 3.05) is 18.1 Å². The van der Waals surface area contributed by atoms with E-state index < -0.39 is 10.0 Å². The standard InChI is InChI=1S/C20H21NO5S/c1-11-12(2)18(15(10-17(11)26-3)21-27(4,24)25)19-14-8-6-5-7-13(14)9-16(22)20(19)23/h5-10,21-23H,1-4H3. The van der Waals surface area contributed by atoms with Crippen molar-refractivity contribution in [2.24, 2.45) is 0 Å². The van der Waals surface area contributed by atoms with E-state index in [1.54, 1.807) is 6.07 Å². The molecule has 0 saturated carbocycles. The summed E-state index contributed by atoms with van der Waals surface area (Å²) in [6.45, 7) is 3.67. The monoisotopic (exact) mass is 387 g/mol. The molecule has 0 spiro atoms. The van der Waals surface area contributed by atoms with Gasteiger partial charge in [-0.2, -0.15) is 0 Å². The second-order valence-corrected chi connectivity index (χ2v) is 8.21. The molecule has 0 unspecified atom stereocenters. The number of nitrogens with one attached hydrogen (secondary N) is 1. The maximum atomic E-state index is 11.9.